The van der Waals surface area contributed by atoms with E-state index in [1.54, 1.807) is 6.07 Å². The summed E-state index contributed by atoms with van der Waals surface area (Å²) in [5.41, 5.74) is -0.279. The molecule has 8 nitrogen and oxygen atoms in total. The zero-order valence-electron chi connectivity index (χ0n) is 16.8. The Morgan fingerprint density at radius 2 is 1.78 bits per heavy atom. The number of nitrogens with one attached hydrogen (secondary N) is 2. The number of carbonyl (C=O) groups excluding carboxylic acids is 2. The van der Waals surface area contributed by atoms with E-state index < -0.39 is 5.82 Å². The summed E-state index contributed by atoms with van der Waals surface area (Å²) in [6.45, 7) is -0.411. The second kappa shape index (κ2) is 7.07. The van der Waals surface area contributed by atoms with Gasteiger partial charge >= 0.3 is 0 Å². The molecule has 1 aromatic heterocycles. The number of aromatic nitrogens is 1. The van der Waals surface area contributed by atoms with Gasteiger partial charge in [0.05, 0.1) is 21.7 Å². The molecule has 0 radical (unpaired) electrons. The lowest BCUT2D eigenvalue weighted by atomic mass is 9.86. The molecule has 5 rings (SSSR count). The standard InChI is InChI=1S/C22H18ClFN4O4/c23-15-3-2-14(5-16(15)24)31-8-17(29)27-21-10-20(21)11-22(20,12-21)28-18(30)9-32-19-4-1-13(6-25)7-26-19/h1-5,7H,8-12H2,(H,27,29)(H,28,30). The minimum atomic E-state index is -0.610. The fourth-order valence-corrected chi connectivity index (χ4v) is 5.20. The normalized spacial score (nSPS) is 28.2. The zero-order valence-corrected chi connectivity index (χ0v) is 17.5. The van der Waals surface area contributed by atoms with Crippen molar-refractivity contribution >= 4 is 23.4 Å². The molecule has 3 fully saturated rings. The van der Waals surface area contributed by atoms with E-state index in [0.29, 0.717) is 12.0 Å². The Kier molecular flexibility index (Phi) is 4.53. The van der Waals surface area contributed by atoms with Crippen molar-refractivity contribution in [2.24, 2.45) is 5.41 Å². The minimum absolute atomic E-state index is 0.0132. The van der Waals surface area contributed by atoms with Crippen LogP contribution >= 0.6 is 11.6 Å². The highest BCUT2D eigenvalue weighted by Gasteiger charge is 2.98. The van der Waals surface area contributed by atoms with E-state index in [1.165, 1.54) is 24.4 Å². The van der Waals surface area contributed by atoms with E-state index in [4.69, 9.17) is 26.3 Å². The van der Waals surface area contributed by atoms with Crippen LogP contribution in [0.5, 0.6) is 11.6 Å². The Balaban J connectivity index is 1.07. The molecule has 3 saturated carbocycles. The van der Waals surface area contributed by atoms with Gasteiger partial charge in [-0.15, -0.1) is 0 Å². The van der Waals surface area contributed by atoms with Gasteiger partial charge in [0.1, 0.15) is 17.6 Å². The van der Waals surface area contributed by atoms with Gasteiger partial charge in [-0.1, -0.05) is 11.6 Å². The van der Waals surface area contributed by atoms with Gasteiger partial charge < -0.3 is 20.1 Å². The molecule has 2 amide bonds. The molecule has 3 unspecified atom stereocenters. The molecule has 0 saturated heterocycles. The smallest absolute Gasteiger partial charge is 0.258 e. The molecule has 2 aromatic rings. The summed E-state index contributed by atoms with van der Waals surface area (Å²) in [4.78, 5) is 28.6. The zero-order chi connectivity index (χ0) is 22.6. The summed E-state index contributed by atoms with van der Waals surface area (Å²) in [5.74, 6) is -0.666. The number of nitriles is 1. The van der Waals surface area contributed by atoms with Gasteiger partial charge in [0.25, 0.3) is 11.8 Å². The molecule has 32 heavy (non-hydrogen) atoms. The molecule has 3 aliphatic carbocycles. The molecule has 0 aliphatic heterocycles. The Morgan fingerprint density at radius 3 is 2.34 bits per heavy atom. The Labute approximate surface area is 187 Å². The highest BCUT2D eigenvalue weighted by Crippen LogP contribution is 2.90. The largest absolute Gasteiger partial charge is 0.484 e. The van der Waals surface area contributed by atoms with E-state index in [2.05, 4.69) is 15.6 Å². The van der Waals surface area contributed by atoms with Gasteiger partial charge in [-0.05, 0) is 37.5 Å². The van der Waals surface area contributed by atoms with E-state index in [1.807, 2.05) is 6.07 Å². The molecule has 164 valence electrons. The predicted octanol–water partition coefficient (Wildman–Crippen LogP) is 2.11. The average Bonchev–Trinajstić information content (AvgIpc) is 3.52. The van der Waals surface area contributed by atoms with Crippen LogP contribution in [-0.2, 0) is 9.59 Å². The molecule has 3 aliphatic rings. The van der Waals surface area contributed by atoms with Gasteiger partial charge in [0, 0.05) is 23.7 Å². The molecular formula is C22H18ClFN4O4. The van der Waals surface area contributed by atoms with Crippen molar-refractivity contribution in [1.29, 1.82) is 5.26 Å². The fraction of sp³-hybridized carbons (Fsp3) is 0.364. The van der Waals surface area contributed by atoms with Crippen LogP contribution in [0.1, 0.15) is 24.8 Å². The first-order valence-electron chi connectivity index (χ1n) is 9.99. The maximum absolute atomic E-state index is 13.5. The molecular weight excluding hydrogens is 439 g/mol. The number of nitrogens with zero attached hydrogens (tertiary/aromatic N) is 2. The first kappa shape index (κ1) is 20.5. The minimum Gasteiger partial charge on any atom is -0.484 e. The molecule has 0 bridgehead atoms. The van der Waals surface area contributed by atoms with Crippen LogP contribution in [0, 0.1) is 22.6 Å². The lowest BCUT2D eigenvalue weighted by Gasteiger charge is -2.35. The van der Waals surface area contributed by atoms with Crippen molar-refractivity contribution in [2.45, 2.75) is 30.3 Å². The lowest BCUT2D eigenvalue weighted by molar-refractivity contribution is -0.125. The van der Waals surface area contributed by atoms with Crippen LogP contribution in [0.2, 0.25) is 5.02 Å². The van der Waals surface area contributed by atoms with Crippen molar-refractivity contribution < 1.29 is 23.5 Å². The van der Waals surface area contributed by atoms with Gasteiger partial charge in [-0.25, -0.2) is 9.37 Å². The maximum Gasteiger partial charge on any atom is 0.258 e. The van der Waals surface area contributed by atoms with Gasteiger partial charge in [0.15, 0.2) is 13.2 Å². The number of pyridine rings is 1. The molecule has 1 aromatic carbocycles. The second-order valence-corrected chi connectivity index (χ2v) is 8.93. The highest BCUT2D eigenvalue weighted by molar-refractivity contribution is 6.30. The first-order chi connectivity index (χ1) is 15.3. The number of amides is 2. The van der Waals surface area contributed by atoms with E-state index in [-0.39, 0.29) is 58.2 Å². The quantitative estimate of drug-likeness (QED) is 0.629. The van der Waals surface area contributed by atoms with Gasteiger partial charge in [0.2, 0.25) is 5.88 Å². The molecule has 1 heterocycles. The van der Waals surface area contributed by atoms with Crippen molar-refractivity contribution in [2.75, 3.05) is 13.2 Å². The van der Waals surface area contributed by atoms with E-state index in [9.17, 15) is 14.0 Å². The van der Waals surface area contributed by atoms with Crippen molar-refractivity contribution in [3.63, 3.8) is 0 Å². The fourth-order valence-electron chi connectivity index (χ4n) is 5.08. The van der Waals surface area contributed by atoms with E-state index >= 15 is 0 Å². The Hall–Kier alpha value is -3.38. The number of benzene rings is 1. The number of hydrogen-bond acceptors (Lipinski definition) is 6. The summed E-state index contributed by atoms with van der Waals surface area (Å²) in [6, 6.07) is 9.06. The molecule has 10 heteroatoms. The van der Waals surface area contributed by atoms with Crippen LogP contribution in [-0.4, -0.2) is 41.1 Å². The second-order valence-electron chi connectivity index (χ2n) is 8.52. The third-order valence-corrected chi connectivity index (χ3v) is 6.93. The SMILES string of the molecule is N#Cc1ccc(OCC(=O)NC23CC4(NC(=O)COc5ccc(Cl)c(F)c5)CC42C3)nc1. The summed E-state index contributed by atoms with van der Waals surface area (Å²) in [5, 5.41) is 14.8. The summed E-state index contributed by atoms with van der Waals surface area (Å²) >= 11 is 5.63. The Bertz CT molecular complexity index is 1170. The van der Waals surface area contributed by atoms with Crippen LogP contribution in [0.4, 0.5) is 4.39 Å². The number of carbonyl (C=O) groups is 2. The van der Waals surface area contributed by atoms with Crippen molar-refractivity contribution in [1.82, 2.24) is 15.6 Å². The molecule has 3 atom stereocenters. The number of rotatable bonds is 8. The van der Waals surface area contributed by atoms with Crippen LogP contribution in [0.15, 0.2) is 36.5 Å². The van der Waals surface area contributed by atoms with Crippen LogP contribution in [0.3, 0.4) is 0 Å². The van der Waals surface area contributed by atoms with E-state index in [0.717, 1.165) is 18.9 Å². The number of ether oxygens (including phenoxy) is 2. The maximum atomic E-state index is 13.5. The monoisotopic (exact) mass is 456 g/mol. The van der Waals surface area contributed by atoms with Gasteiger partial charge in [-0.2, -0.15) is 5.26 Å². The third-order valence-electron chi connectivity index (χ3n) is 6.63. The summed E-state index contributed by atoms with van der Waals surface area (Å²) < 4.78 is 24.2. The number of halogens is 2. The summed E-state index contributed by atoms with van der Waals surface area (Å²) in [7, 11) is 0. The lowest BCUT2D eigenvalue weighted by Crippen LogP contribution is -2.57. The topological polar surface area (TPSA) is 113 Å². The average molecular weight is 457 g/mol. The molecule has 1 spiro atoms. The van der Waals surface area contributed by atoms with Gasteiger partial charge in [-0.3, -0.25) is 9.59 Å². The predicted molar refractivity (Wildman–Crippen MR) is 109 cm³/mol. The molecule has 2 N–H and O–H groups in total. The van der Waals surface area contributed by atoms with Crippen molar-refractivity contribution in [3.8, 4) is 17.7 Å². The van der Waals surface area contributed by atoms with Crippen molar-refractivity contribution in [3.05, 3.63) is 52.9 Å². The third kappa shape index (κ3) is 3.22. The summed E-state index contributed by atoms with van der Waals surface area (Å²) in [6.07, 6.45) is 3.65. The Morgan fingerprint density at radius 1 is 1.09 bits per heavy atom. The highest BCUT2D eigenvalue weighted by atomic mass is 35.5. The first-order valence-corrected chi connectivity index (χ1v) is 10.4. The van der Waals surface area contributed by atoms with Crippen LogP contribution in [0.25, 0.3) is 0 Å². The number of hydrogen-bond donors (Lipinski definition) is 2. The van der Waals surface area contributed by atoms with Crippen LogP contribution < -0.4 is 20.1 Å².